The Morgan fingerprint density at radius 1 is 0.375 bits per heavy atom. The van der Waals surface area contributed by atoms with Crippen LogP contribution in [0.1, 0.15) is 20.8 Å². The van der Waals surface area contributed by atoms with Crippen molar-refractivity contribution >= 4 is 28.1 Å². The molecule has 0 aliphatic carbocycles. The van der Waals surface area contributed by atoms with Crippen molar-refractivity contribution in [3.63, 3.8) is 0 Å². The van der Waals surface area contributed by atoms with Crippen LogP contribution in [0.15, 0.2) is 0 Å². The molecule has 0 aromatic rings. The molecule has 6 saturated heterocycles. The smallest absolute Gasteiger partial charge is 0.394 e. The lowest BCUT2D eigenvalue weighted by molar-refractivity contribution is -0.385. The highest BCUT2D eigenvalue weighted by Gasteiger charge is 2.58. The fraction of sp³-hybridized carbons (Fsp3) is 0.929. The van der Waals surface area contributed by atoms with Gasteiger partial charge in [0.2, 0.25) is 17.7 Å². The van der Waals surface area contributed by atoms with Gasteiger partial charge in [0.05, 0.1) is 39.6 Å². The number of rotatable bonds is 21. The molecule has 1 unspecified atom stereocenters. The molecule has 6 heterocycles. The van der Waals surface area contributed by atoms with E-state index in [0.717, 1.165) is 20.8 Å². The van der Waals surface area contributed by atoms with Gasteiger partial charge in [0.1, 0.15) is 146 Å². The summed E-state index contributed by atoms with van der Waals surface area (Å²) in [6.45, 7) is -3.41. The monoisotopic (exact) mass is 1190 g/mol. The number of amides is 3. The highest BCUT2D eigenvalue weighted by atomic mass is 32.3. The maximum atomic E-state index is 12.7. The van der Waals surface area contributed by atoms with Crippen LogP contribution in [-0.2, 0) is 81.1 Å². The number of aliphatic hydroxyl groups excluding tert-OH is 16. The number of carbonyl (C=O) groups excluding carboxylic acids is 3. The number of aliphatic hydroxyl groups is 16. The molecule has 6 rings (SSSR count). The Hall–Kier alpha value is -2.80. The van der Waals surface area contributed by atoms with E-state index in [4.69, 9.17) is 52.1 Å². The van der Waals surface area contributed by atoms with Crippen LogP contribution in [0.2, 0.25) is 0 Å². The topological polar surface area (TPSA) is 576 Å². The van der Waals surface area contributed by atoms with Crippen LogP contribution < -0.4 is 16.0 Å². The zero-order valence-corrected chi connectivity index (χ0v) is 43.3. The van der Waals surface area contributed by atoms with Gasteiger partial charge in [0.15, 0.2) is 37.7 Å². The second-order valence-electron chi connectivity index (χ2n) is 19.5. The Labute approximate surface area is 453 Å². The molecule has 464 valence electrons. The van der Waals surface area contributed by atoms with Gasteiger partial charge in [-0.15, -0.1) is 0 Å². The average molecular weight is 1190 g/mol. The highest BCUT2D eigenvalue weighted by Crippen LogP contribution is 2.37. The van der Waals surface area contributed by atoms with E-state index in [1.165, 1.54) is 0 Å². The predicted molar refractivity (Wildman–Crippen MR) is 244 cm³/mol. The van der Waals surface area contributed by atoms with Gasteiger partial charge in [-0.1, -0.05) is 0 Å². The minimum absolute atomic E-state index is 0.757. The van der Waals surface area contributed by atoms with E-state index >= 15 is 0 Å². The first-order valence-corrected chi connectivity index (χ1v) is 26.1. The summed E-state index contributed by atoms with van der Waals surface area (Å²) in [6, 6.07) is -5.36. The lowest BCUT2D eigenvalue weighted by Gasteiger charge is -2.51. The van der Waals surface area contributed by atoms with Crippen LogP contribution in [0.25, 0.3) is 0 Å². The average Bonchev–Trinajstić information content (AvgIpc) is 3.57. The standard InChI is InChI=1S/C42H71N3O34S/c1-10(51)43-19-26(58)32(17(8-50)73-38(19)78-36-25(57)16(7-49)72-42(31(36)63)77-34-21(45-12(3)53)37(64)69-14(5-47)23(34)55)75-41-30(62)35(24(56)15(6-48)71-41)79-39-20(44-11(2)52)27(59)33(18(74-39)9-68-80(65,66)67)76-40-29(61)28(60)22(54)13(4-46)70-40/h13-42,46-50,54-64H,4-9H2,1-3H3,(H,43,51)(H,44,52)(H,45,53)(H,65,66,67)/t13-,14-,15-,16-,17-,18-,19-,20-,21-,22+,23-,24+,25+,26-,27-,28+,29-,30-,31-,32-,33-,34-,35+,36+,37?,38+,39+,40+,41+,42+/m1/s1. The van der Waals surface area contributed by atoms with Crippen LogP contribution in [0.5, 0.6) is 0 Å². The summed E-state index contributed by atoms with van der Waals surface area (Å²) in [4.78, 5) is 37.3. The molecule has 6 aliphatic heterocycles. The summed E-state index contributed by atoms with van der Waals surface area (Å²) in [6.07, 6.45) is -53.7. The first-order valence-electron chi connectivity index (χ1n) is 24.8. The molecule has 38 heteroatoms. The van der Waals surface area contributed by atoms with Crippen molar-refractivity contribution in [3.05, 3.63) is 0 Å². The Balaban J connectivity index is 1.24. The predicted octanol–water partition coefficient (Wildman–Crippen LogP) is -13.8. The largest absolute Gasteiger partial charge is 0.397 e. The summed E-state index contributed by atoms with van der Waals surface area (Å²) in [5.74, 6) is -2.59. The maximum absolute atomic E-state index is 12.7. The number of nitrogens with one attached hydrogen (secondary N) is 3. The van der Waals surface area contributed by atoms with Crippen LogP contribution in [0, 0.1) is 0 Å². The van der Waals surface area contributed by atoms with Crippen LogP contribution in [0.4, 0.5) is 0 Å². The van der Waals surface area contributed by atoms with E-state index in [1.54, 1.807) is 0 Å². The SMILES string of the molecule is CC(=O)N[C@H]1[C@H](O[C@H]2[C@@H](O)[C@@H](CO)O[C@@H](O[C@H]3[C@H](O)[C@@H](NC(C)=O)[C@H](O[C@H]4[C@@H](O)[C@@H](CO)O[C@@H](O[C@H]5[C@H](O)[C@@H](CO)OC(O)[C@@H]5NC(C)=O)[C@@H]4O)O[C@@H]3CO)[C@@H]2O)O[C@H](COS(=O)(=O)O)[C@@H](O[C@@H]2O[C@H](CO)[C@H](O)[C@H](O)[C@H]2O)[C@@H]1O. The van der Waals surface area contributed by atoms with Crippen molar-refractivity contribution in [2.24, 2.45) is 0 Å². The Morgan fingerprint density at radius 2 is 0.700 bits per heavy atom. The van der Waals surface area contributed by atoms with Crippen molar-refractivity contribution in [3.8, 4) is 0 Å². The van der Waals surface area contributed by atoms with Gasteiger partial charge < -0.3 is 150 Å². The van der Waals surface area contributed by atoms with Crippen molar-refractivity contribution in [1.29, 1.82) is 0 Å². The van der Waals surface area contributed by atoms with Crippen molar-refractivity contribution < 1.29 is 165 Å². The third-order valence-corrected chi connectivity index (χ3v) is 14.3. The van der Waals surface area contributed by atoms with Crippen LogP contribution in [-0.4, -0.2) is 336 Å². The second kappa shape index (κ2) is 28.4. The molecule has 30 atom stereocenters. The third-order valence-electron chi connectivity index (χ3n) is 13.8. The van der Waals surface area contributed by atoms with E-state index in [2.05, 4.69) is 20.1 Å². The lowest BCUT2D eigenvalue weighted by atomic mass is 9.93. The fourth-order valence-electron chi connectivity index (χ4n) is 9.86. The molecule has 3 amide bonds. The molecule has 0 spiro atoms. The summed E-state index contributed by atoms with van der Waals surface area (Å²) in [5.41, 5.74) is 0. The Kier molecular flexibility index (Phi) is 23.5. The molecule has 20 N–H and O–H groups in total. The fourth-order valence-corrected chi connectivity index (χ4v) is 10.2. The zero-order valence-electron chi connectivity index (χ0n) is 42.5. The summed E-state index contributed by atoms with van der Waals surface area (Å²) in [5, 5.41) is 180. The normalized spacial score (nSPS) is 46.5. The van der Waals surface area contributed by atoms with Crippen molar-refractivity contribution in [2.75, 3.05) is 39.6 Å². The van der Waals surface area contributed by atoms with Gasteiger partial charge in [-0.25, -0.2) is 4.18 Å². The van der Waals surface area contributed by atoms with Crippen molar-refractivity contribution in [2.45, 2.75) is 205 Å². The molecule has 0 radical (unpaired) electrons. The molecular weight excluding hydrogens is 1120 g/mol. The van der Waals surface area contributed by atoms with Crippen LogP contribution in [0.3, 0.4) is 0 Å². The van der Waals surface area contributed by atoms with Gasteiger partial charge in [-0.2, -0.15) is 8.42 Å². The summed E-state index contributed by atoms with van der Waals surface area (Å²) < 4.78 is 100. The number of hydrogen-bond donors (Lipinski definition) is 20. The molecule has 0 bridgehead atoms. The minimum atomic E-state index is -5.33. The van der Waals surface area contributed by atoms with Gasteiger partial charge >= 0.3 is 10.4 Å². The van der Waals surface area contributed by atoms with Crippen LogP contribution >= 0.6 is 0 Å². The maximum Gasteiger partial charge on any atom is 0.397 e. The first kappa shape index (κ1) is 66.3. The summed E-state index contributed by atoms with van der Waals surface area (Å²) >= 11 is 0. The summed E-state index contributed by atoms with van der Waals surface area (Å²) in [7, 11) is -5.33. The molecular formula is C42H71N3O34S. The number of carbonyl (C=O) groups is 3. The quantitative estimate of drug-likeness (QED) is 0.0475. The molecule has 0 aromatic heterocycles. The van der Waals surface area contributed by atoms with Gasteiger partial charge in [-0.3, -0.25) is 18.9 Å². The van der Waals surface area contributed by atoms with E-state index in [1.807, 2.05) is 0 Å². The molecule has 37 nitrogen and oxygen atoms in total. The first-order chi connectivity index (χ1) is 37.6. The van der Waals surface area contributed by atoms with E-state index in [-0.39, 0.29) is 0 Å². The van der Waals surface area contributed by atoms with Crippen molar-refractivity contribution in [1.82, 2.24) is 16.0 Å². The van der Waals surface area contributed by atoms with Gasteiger partial charge in [-0.05, 0) is 0 Å². The molecule has 0 saturated carbocycles. The third kappa shape index (κ3) is 15.2. The number of hydrogen-bond acceptors (Lipinski definition) is 33. The molecule has 80 heavy (non-hydrogen) atoms. The molecule has 6 aliphatic rings. The highest BCUT2D eigenvalue weighted by molar-refractivity contribution is 7.80. The van der Waals surface area contributed by atoms with Gasteiger partial charge in [0.25, 0.3) is 0 Å². The van der Waals surface area contributed by atoms with E-state index in [9.17, 15) is 109 Å². The molecule has 0 aromatic carbocycles. The number of ether oxygens (including phenoxy) is 11. The van der Waals surface area contributed by atoms with Gasteiger partial charge in [0, 0.05) is 20.8 Å². The minimum Gasteiger partial charge on any atom is -0.394 e. The molecule has 6 fully saturated rings. The van der Waals surface area contributed by atoms with E-state index < -0.39 is 252 Å². The lowest BCUT2D eigenvalue weighted by Crippen LogP contribution is -2.71. The second-order valence-corrected chi connectivity index (χ2v) is 20.6. The zero-order chi connectivity index (χ0) is 59.4. The van der Waals surface area contributed by atoms with E-state index in [0.29, 0.717) is 0 Å². The Morgan fingerprint density at radius 3 is 1.11 bits per heavy atom. The Bertz CT molecular complexity index is 2130.